The molecule has 0 amide bonds. The van der Waals surface area contributed by atoms with E-state index in [0.717, 1.165) is 12.8 Å². The first-order valence-electron chi connectivity index (χ1n) is 5.43. The zero-order valence-corrected chi connectivity index (χ0v) is 9.42. The average molecular weight is 188 g/mol. The molecule has 13 heavy (non-hydrogen) atoms. The molecule has 1 fully saturated rings. The summed E-state index contributed by atoms with van der Waals surface area (Å²) >= 11 is 0. The van der Waals surface area contributed by atoms with Gasteiger partial charge < -0.3 is 9.84 Å². The molecule has 1 saturated carbocycles. The van der Waals surface area contributed by atoms with Crippen LogP contribution >= 0.6 is 0 Å². The lowest BCUT2D eigenvalue weighted by Gasteiger charge is -2.33. The normalized spacial score (nSPS) is 33.5. The van der Waals surface area contributed by atoms with E-state index in [4.69, 9.17) is 9.84 Å². The Morgan fingerprint density at radius 2 is 1.92 bits per heavy atom. The predicted molar refractivity (Wildman–Crippen MR) is 55.7 cm³/mol. The third-order valence-corrected chi connectivity index (χ3v) is 2.93. The van der Waals surface area contributed by atoms with Gasteiger partial charge in [0.25, 0.3) is 0 Å². The maximum Gasteiger partial charge on any atom is 0.0600 e. The Labute approximate surface area is 82.3 Å². The van der Waals surface area contributed by atoms with Crippen LogP contribution in [0.4, 0.5) is 0 Å². The van der Waals surface area contributed by atoms with Crippen LogP contribution in [0.5, 0.6) is 0 Å². The van der Waals surface area contributed by atoms with E-state index in [1.165, 1.54) is 6.42 Å². The maximum absolute atomic E-state index is 9.02. The highest BCUT2D eigenvalue weighted by molar-refractivity contribution is 4.79. The van der Waals surface area contributed by atoms with Gasteiger partial charge in [-0.15, -0.1) is 0 Å². The summed E-state index contributed by atoms with van der Waals surface area (Å²) in [5, 5.41) is 9.02. The lowest BCUT2D eigenvalue weighted by atomic mass is 9.79. The average Bonchev–Trinajstić information content (AvgIpc) is 2.21. The molecule has 1 aliphatic carbocycles. The van der Waals surface area contributed by atoms with E-state index in [1.807, 2.05) is 13.8 Å². The van der Waals surface area contributed by atoms with Crippen LogP contribution in [0, 0.1) is 11.8 Å². The third kappa shape index (κ3) is 3.65. The predicted octanol–water partition coefficient (Wildman–Crippen LogP) is 2.46. The fraction of sp³-hybridized carbons (Fsp3) is 1.00. The van der Waals surface area contributed by atoms with Gasteiger partial charge in [0.05, 0.1) is 6.10 Å². The van der Waals surface area contributed by atoms with E-state index in [-0.39, 0.29) is 0 Å². The number of aliphatic hydroxyl groups excluding tert-OH is 1. The molecule has 0 aromatic rings. The van der Waals surface area contributed by atoms with Crippen molar-refractivity contribution in [2.75, 3.05) is 13.7 Å². The van der Waals surface area contributed by atoms with Crippen molar-refractivity contribution < 1.29 is 9.84 Å². The molecular weight excluding hydrogens is 164 g/mol. The Morgan fingerprint density at radius 3 is 2.38 bits per heavy atom. The molecule has 1 N–H and O–H groups in total. The lowest BCUT2D eigenvalue weighted by molar-refractivity contribution is -0.0112. The molecule has 0 aromatic heterocycles. The summed E-state index contributed by atoms with van der Waals surface area (Å²) in [6.07, 6.45) is 3.90. The van der Waals surface area contributed by atoms with E-state index in [1.54, 1.807) is 7.11 Å². The van der Waals surface area contributed by atoms with Crippen LogP contribution in [0.3, 0.4) is 0 Å². The van der Waals surface area contributed by atoms with E-state index < -0.39 is 0 Å². The minimum absolute atomic E-state index is 0.320. The first-order valence-corrected chi connectivity index (χ1v) is 5.43. The van der Waals surface area contributed by atoms with Gasteiger partial charge in [-0.25, -0.2) is 0 Å². The van der Waals surface area contributed by atoms with Crippen molar-refractivity contribution in [3.8, 4) is 0 Å². The van der Waals surface area contributed by atoms with Crippen LogP contribution in [-0.4, -0.2) is 24.9 Å². The SMILES string of the molecule is CC.CO[C@@H]1CCC[C@H](CO)[C@H]1C. The molecule has 0 radical (unpaired) electrons. The van der Waals surface area contributed by atoms with E-state index >= 15 is 0 Å². The summed E-state index contributed by atoms with van der Waals surface area (Å²) in [6.45, 7) is 6.50. The van der Waals surface area contributed by atoms with E-state index in [0.29, 0.717) is 24.5 Å². The van der Waals surface area contributed by atoms with Gasteiger partial charge in [0, 0.05) is 13.7 Å². The zero-order chi connectivity index (χ0) is 10.3. The van der Waals surface area contributed by atoms with Gasteiger partial charge in [0.15, 0.2) is 0 Å². The lowest BCUT2D eigenvalue weighted by Crippen LogP contribution is -2.33. The van der Waals surface area contributed by atoms with Crippen molar-refractivity contribution in [1.82, 2.24) is 0 Å². The Kier molecular flexibility index (Phi) is 7.29. The topological polar surface area (TPSA) is 29.5 Å². The van der Waals surface area contributed by atoms with Crippen molar-refractivity contribution in [3.63, 3.8) is 0 Å². The molecule has 80 valence electrons. The standard InChI is InChI=1S/C9H18O2.C2H6/c1-7-8(6-10)4-3-5-9(7)11-2;1-2/h7-10H,3-6H2,1-2H3;1-2H3/t7-,8-,9-;/m1./s1. The molecule has 0 heterocycles. The first-order chi connectivity index (χ1) is 6.29. The molecule has 1 rings (SSSR count). The van der Waals surface area contributed by atoms with Gasteiger partial charge in [-0.2, -0.15) is 0 Å². The molecule has 0 unspecified atom stereocenters. The largest absolute Gasteiger partial charge is 0.396 e. The number of hydrogen-bond acceptors (Lipinski definition) is 2. The monoisotopic (exact) mass is 188 g/mol. The van der Waals surface area contributed by atoms with Gasteiger partial charge in [-0.05, 0) is 24.7 Å². The summed E-state index contributed by atoms with van der Waals surface area (Å²) in [5.74, 6) is 0.993. The molecule has 0 aromatic carbocycles. The second-order valence-electron chi connectivity index (χ2n) is 3.51. The molecule has 0 bridgehead atoms. The summed E-state index contributed by atoms with van der Waals surface area (Å²) in [5.41, 5.74) is 0. The number of ether oxygens (including phenoxy) is 1. The third-order valence-electron chi connectivity index (χ3n) is 2.93. The highest BCUT2D eigenvalue weighted by Crippen LogP contribution is 2.30. The second-order valence-corrected chi connectivity index (χ2v) is 3.51. The second kappa shape index (κ2) is 7.34. The minimum Gasteiger partial charge on any atom is -0.396 e. The number of aliphatic hydroxyl groups is 1. The van der Waals surface area contributed by atoms with Crippen LogP contribution in [-0.2, 0) is 4.74 Å². The Balaban J connectivity index is 0.000000671. The van der Waals surface area contributed by atoms with Gasteiger partial charge >= 0.3 is 0 Å². The summed E-state index contributed by atoms with van der Waals surface area (Å²) in [6, 6.07) is 0. The van der Waals surface area contributed by atoms with Crippen molar-refractivity contribution in [2.45, 2.75) is 46.1 Å². The van der Waals surface area contributed by atoms with Crippen molar-refractivity contribution in [3.05, 3.63) is 0 Å². The Morgan fingerprint density at radius 1 is 1.31 bits per heavy atom. The molecule has 2 heteroatoms. The zero-order valence-electron chi connectivity index (χ0n) is 9.42. The molecule has 0 spiro atoms. The molecule has 0 aliphatic heterocycles. The molecule has 2 nitrogen and oxygen atoms in total. The highest BCUT2D eigenvalue weighted by Gasteiger charge is 2.28. The fourth-order valence-electron chi connectivity index (χ4n) is 2.00. The van der Waals surface area contributed by atoms with Crippen molar-refractivity contribution in [1.29, 1.82) is 0 Å². The first kappa shape index (κ1) is 12.9. The molecule has 0 saturated heterocycles. The van der Waals surface area contributed by atoms with Crippen LogP contribution in [0.25, 0.3) is 0 Å². The maximum atomic E-state index is 9.02. The van der Waals surface area contributed by atoms with Crippen LogP contribution in [0.2, 0.25) is 0 Å². The van der Waals surface area contributed by atoms with Gasteiger partial charge in [0.2, 0.25) is 0 Å². The summed E-state index contributed by atoms with van der Waals surface area (Å²) < 4.78 is 5.32. The fourth-order valence-corrected chi connectivity index (χ4v) is 2.00. The van der Waals surface area contributed by atoms with Gasteiger partial charge in [0.1, 0.15) is 0 Å². The van der Waals surface area contributed by atoms with Crippen LogP contribution in [0.1, 0.15) is 40.0 Å². The van der Waals surface area contributed by atoms with Gasteiger partial charge in [-0.3, -0.25) is 0 Å². The number of hydrogen-bond donors (Lipinski definition) is 1. The van der Waals surface area contributed by atoms with E-state index in [2.05, 4.69) is 6.92 Å². The number of rotatable bonds is 2. The van der Waals surface area contributed by atoms with Crippen molar-refractivity contribution in [2.24, 2.45) is 11.8 Å². The van der Waals surface area contributed by atoms with Crippen molar-refractivity contribution >= 4 is 0 Å². The molecule has 3 atom stereocenters. The Bertz CT molecular complexity index is 103. The molecular formula is C11H24O2. The quantitative estimate of drug-likeness (QED) is 0.721. The summed E-state index contributed by atoms with van der Waals surface area (Å²) in [4.78, 5) is 0. The van der Waals surface area contributed by atoms with E-state index in [9.17, 15) is 0 Å². The highest BCUT2D eigenvalue weighted by atomic mass is 16.5. The smallest absolute Gasteiger partial charge is 0.0600 e. The number of methoxy groups -OCH3 is 1. The van der Waals surface area contributed by atoms with Crippen LogP contribution in [0.15, 0.2) is 0 Å². The minimum atomic E-state index is 0.320. The summed E-state index contributed by atoms with van der Waals surface area (Å²) in [7, 11) is 1.76. The Hall–Kier alpha value is -0.0800. The van der Waals surface area contributed by atoms with Crippen LogP contribution < -0.4 is 0 Å². The van der Waals surface area contributed by atoms with Gasteiger partial charge in [-0.1, -0.05) is 27.2 Å². The molecule has 1 aliphatic rings.